The lowest BCUT2D eigenvalue weighted by Crippen LogP contribution is -2.14. The Bertz CT molecular complexity index is 588. The van der Waals surface area contributed by atoms with Crippen LogP contribution in [0.3, 0.4) is 0 Å². The Kier molecular flexibility index (Phi) is 4.61. The minimum absolute atomic E-state index is 0.542. The van der Waals surface area contributed by atoms with Crippen molar-refractivity contribution in [3.05, 3.63) is 35.4 Å². The van der Waals surface area contributed by atoms with Crippen molar-refractivity contribution in [3.63, 3.8) is 0 Å². The number of anilines is 1. The maximum Gasteiger partial charge on any atom is 0.131 e. The Balaban J connectivity index is 2.53. The average molecular weight is 271 g/mol. The maximum atomic E-state index is 5.65. The van der Waals surface area contributed by atoms with E-state index >= 15 is 0 Å². The molecular weight excluding hydrogens is 246 g/mol. The van der Waals surface area contributed by atoms with Gasteiger partial charge in [-0.1, -0.05) is 19.9 Å². The Hall–Kier alpha value is -1.61. The van der Waals surface area contributed by atoms with Crippen molar-refractivity contribution >= 4 is 16.7 Å². The largest absolute Gasteiger partial charge is 0.362 e. The molecule has 3 heteroatoms. The zero-order chi connectivity index (χ0) is 14.7. The first kappa shape index (κ1) is 14.8. The molecule has 1 aromatic carbocycles. The summed E-state index contributed by atoms with van der Waals surface area (Å²) in [6.45, 7) is 5.16. The van der Waals surface area contributed by atoms with Crippen LogP contribution in [0.1, 0.15) is 37.3 Å². The second kappa shape index (κ2) is 6.23. The summed E-state index contributed by atoms with van der Waals surface area (Å²) in [6.07, 6.45) is 1.98. The lowest BCUT2D eigenvalue weighted by molar-refractivity contribution is 0.826. The molecule has 0 aliphatic rings. The van der Waals surface area contributed by atoms with E-state index in [4.69, 9.17) is 10.7 Å². The van der Waals surface area contributed by atoms with Crippen molar-refractivity contribution in [1.29, 1.82) is 0 Å². The van der Waals surface area contributed by atoms with E-state index < -0.39 is 0 Å². The summed E-state index contributed by atoms with van der Waals surface area (Å²) in [5, 5.41) is 1.23. The topological polar surface area (TPSA) is 42.2 Å². The fraction of sp³-hybridized carbons (Fsp3) is 0.471. The van der Waals surface area contributed by atoms with E-state index in [0.29, 0.717) is 5.92 Å². The molecule has 0 saturated heterocycles. The van der Waals surface area contributed by atoms with Gasteiger partial charge in [0.1, 0.15) is 5.82 Å². The zero-order valence-electron chi connectivity index (χ0n) is 13.0. The van der Waals surface area contributed by atoms with Crippen molar-refractivity contribution < 1.29 is 0 Å². The molecule has 3 nitrogen and oxygen atoms in total. The molecule has 0 spiro atoms. The van der Waals surface area contributed by atoms with Crippen molar-refractivity contribution in [2.75, 3.05) is 25.5 Å². The average Bonchev–Trinajstić information content (AvgIpc) is 2.43. The molecule has 0 fully saturated rings. The minimum atomic E-state index is 0.542. The van der Waals surface area contributed by atoms with Gasteiger partial charge in [-0.2, -0.15) is 0 Å². The van der Waals surface area contributed by atoms with Gasteiger partial charge in [0, 0.05) is 19.5 Å². The van der Waals surface area contributed by atoms with Gasteiger partial charge < -0.3 is 10.6 Å². The van der Waals surface area contributed by atoms with E-state index in [1.54, 1.807) is 0 Å². The Morgan fingerprint density at radius 2 is 1.95 bits per heavy atom. The van der Waals surface area contributed by atoms with Crippen LogP contribution in [0.15, 0.2) is 24.3 Å². The lowest BCUT2D eigenvalue weighted by Gasteiger charge is -2.18. The summed E-state index contributed by atoms with van der Waals surface area (Å²) in [5.74, 6) is 1.60. The highest BCUT2D eigenvalue weighted by atomic mass is 15.1. The molecule has 0 radical (unpaired) electrons. The molecule has 0 bridgehead atoms. The highest BCUT2D eigenvalue weighted by molar-refractivity contribution is 5.82. The molecule has 0 saturated carbocycles. The first-order valence-corrected chi connectivity index (χ1v) is 7.34. The molecule has 2 rings (SSSR count). The smallest absolute Gasteiger partial charge is 0.131 e. The fourth-order valence-corrected chi connectivity index (χ4v) is 2.45. The van der Waals surface area contributed by atoms with E-state index in [9.17, 15) is 0 Å². The first-order chi connectivity index (χ1) is 9.52. The summed E-state index contributed by atoms with van der Waals surface area (Å²) < 4.78 is 0. The highest BCUT2D eigenvalue weighted by Crippen LogP contribution is 2.26. The summed E-state index contributed by atoms with van der Waals surface area (Å²) in [4.78, 5) is 6.90. The third kappa shape index (κ3) is 3.10. The fourth-order valence-electron chi connectivity index (χ4n) is 2.45. The quantitative estimate of drug-likeness (QED) is 0.907. The van der Waals surface area contributed by atoms with E-state index in [2.05, 4.69) is 43.0 Å². The predicted octanol–water partition coefficient (Wildman–Crippen LogP) is 3.32. The number of pyridine rings is 1. The molecule has 1 aromatic heterocycles. The van der Waals surface area contributed by atoms with Gasteiger partial charge in [-0.05, 0) is 54.6 Å². The van der Waals surface area contributed by atoms with Gasteiger partial charge >= 0.3 is 0 Å². The van der Waals surface area contributed by atoms with Crippen molar-refractivity contribution in [1.82, 2.24) is 4.98 Å². The molecule has 0 unspecified atom stereocenters. The van der Waals surface area contributed by atoms with Crippen LogP contribution in [0.5, 0.6) is 0 Å². The number of hydrogen-bond acceptors (Lipinski definition) is 3. The lowest BCUT2D eigenvalue weighted by atomic mass is 9.99. The van der Waals surface area contributed by atoms with Crippen LogP contribution in [0.25, 0.3) is 10.9 Å². The van der Waals surface area contributed by atoms with Crippen LogP contribution in [-0.4, -0.2) is 25.6 Å². The van der Waals surface area contributed by atoms with Gasteiger partial charge in [-0.3, -0.25) is 0 Å². The first-order valence-electron chi connectivity index (χ1n) is 7.34. The van der Waals surface area contributed by atoms with Crippen LogP contribution in [0, 0.1) is 0 Å². The molecule has 0 aliphatic heterocycles. The van der Waals surface area contributed by atoms with Crippen molar-refractivity contribution in [2.24, 2.45) is 5.73 Å². The number of aromatic nitrogens is 1. The molecule has 2 N–H and O–H groups in total. The number of aryl methyl sites for hydroxylation is 1. The van der Waals surface area contributed by atoms with Gasteiger partial charge in [0.05, 0.1) is 5.52 Å². The number of benzene rings is 1. The number of hydrogen-bond donors (Lipinski definition) is 1. The van der Waals surface area contributed by atoms with Gasteiger partial charge in [0.2, 0.25) is 0 Å². The Labute approximate surface area is 121 Å². The summed E-state index contributed by atoms with van der Waals surface area (Å²) >= 11 is 0. The standard InChI is InChI=1S/C17H25N3/c1-12(2)13-7-8-16-15(10-13)11-14(6-5-9-18)17(19-16)20(3)4/h7-8,10-12H,5-6,9,18H2,1-4H3. The minimum Gasteiger partial charge on any atom is -0.362 e. The molecule has 0 atom stereocenters. The predicted molar refractivity (Wildman–Crippen MR) is 87.5 cm³/mol. The number of nitrogens with zero attached hydrogens (tertiary/aromatic N) is 2. The van der Waals surface area contributed by atoms with Crippen LogP contribution in [-0.2, 0) is 6.42 Å². The van der Waals surface area contributed by atoms with Gasteiger partial charge in [0.15, 0.2) is 0 Å². The monoisotopic (exact) mass is 271 g/mol. The molecule has 0 amide bonds. The van der Waals surface area contributed by atoms with E-state index in [-0.39, 0.29) is 0 Å². The third-order valence-corrected chi connectivity index (χ3v) is 3.64. The summed E-state index contributed by atoms with van der Waals surface area (Å²) in [6, 6.07) is 8.85. The van der Waals surface area contributed by atoms with E-state index in [0.717, 1.165) is 30.7 Å². The van der Waals surface area contributed by atoms with Crippen molar-refractivity contribution in [2.45, 2.75) is 32.6 Å². The molecule has 0 aliphatic carbocycles. The number of fused-ring (bicyclic) bond motifs is 1. The van der Waals surface area contributed by atoms with Crippen LogP contribution >= 0.6 is 0 Å². The van der Waals surface area contributed by atoms with Gasteiger partial charge in [-0.15, -0.1) is 0 Å². The second-order valence-corrected chi connectivity index (χ2v) is 5.86. The van der Waals surface area contributed by atoms with Crippen LogP contribution in [0.2, 0.25) is 0 Å². The Morgan fingerprint density at radius 3 is 2.55 bits per heavy atom. The van der Waals surface area contributed by atoms with Gasteiger partial charge in [-0.25, -0.2) is 4.98 Å². The van der Waals surface area contributed by atoms with Gasteiger partial charge in [0.25, 0.3) is 0 Å². The molecule has 1 heterocycles. The third-order valence-electron chi connectivity index (χ3n) is 3.64. The summed E-state index contributed by atoms with van der Waals surface area (Å²) in [7, 11) is 4.09. The SMILES string of the molecule is CC(C)c1ccc2nc(N(C)C)c(CCCN)cc2c1. The van der Waals surface area contributed by atoms with Crippen LogP contribution < -0.4 is 10.6 Å². The highest BCUT2D eigenvalue weighted by Gasteiger charge is 2.10. The second-order valence-electron chi connectivity index (χ2n) is 5.86. The molecule has 20 heavy (non-hydrogen) atoms. The summed E-state index contributed by atoms with van der Waals surface area (Å²) in [5.41, 5.74) is 9.36. The van der Waals surface area contributed by atoms with E-state index in [1.807, 2.05) is 14.1 Å². The van der Waals surface area contributed by atoms with E-state index in [1.165, 1.54) is 16.5 Å². The molecular formula is C17H25N3. The zero-order valence-corrected chi connectivity index (χ0v) is 13.0. The maximum absolute atomic E-state index is 5.65. The number of nitrogens with two attached hydrogens (primary N) is 1. The van der Waals surface area contributed by atoms with Crippen molar-refractivity contribution in [3.8, 4) is 0 Å². The Morgan fingerprint density at radius 1 is 1.20 bits per heavy atom. The van der Waals surface area contributed by atoms with Crippen LogP contribution in [0.4, 0.5) is 5.82 Å². The molecule has 108 valence electrons. The normalized spacial score (nSPS) is 11.3. The molecule has 2 aromatic rings. The number of rotatable bonds is 5.